The lowest BCUT2D eigenvalue weighted by Crippen LogP contribution is -2.09. The first-order valence-electron chi connectivity index (χ1n) is 4.32. The minimum absolute atomic E-state index is 0.668. The molecule has 1 aliphatic rings. The third-order valence-corrected chi connectivity index (χ3v) is 2.91. The topological polar surface area (TPSA) is 26.0 Å². The molecule has 0 heterocycles. The Morgan fingerprint density at radius 2 is 2.08 bits per heavy atom. The molecule has 12 heavy (non-hydrogen) atoms. The Morgan fingerprint density at radius 1 is 1.33 bits per heavy atom. The van der Waals surface area contributed by atoms with Crippen molar-refractivity contribution in [1.29, 1.82) is 0 Å². The van der Waals surface area contributed by atoms with E-state index in [1.165, 1.54) is 24.8 Å². The van der Waals surface area contributed by atoms with Crippen LogP contribution in [0.25, 0.3) is 0 Å². The maximum Gasteiger partial charge on any atom is 0.0442 e. The molecule has 1 aromatic rings. The number of halogens is 1. The van der Waals surface area contributed by atoms with Crippen LogP contribution >= 0.6 is 11.6 Å². The van der Waals surface area contributed by atoms with Crippen LogP contribution in [0.4, 0.5) is 5.69 Å². The largest absolute Gasteiger partial charge is 0.399 e. The smallest absolute Gasteiger partial charge is 0.0442 e. The molecule has 2 heteroatoms. The van der Waals surface area contributed by atoms with E-state index in [1.807, 2.05) is 18.2 Å². The molecule has 0 aliphatic heterocycles. The van der Waals surface area contributed by atoms with E-state index in [0.29, 0.717) is 5.92 Å². The summed E-state index contributed by atoms with van der Waals surface area (Å²) in [6.45, 7) is 0. The van der Waals surface area contributed by atoms with Crippen molar-refractivity contribution in [3.8, 4) is 0 Å². The van der Waals surface area contributed by atoms with Crippen LogP contribution in [0.2, 0.25) is 5.02 Å². The highest BCUT2D eigenvalue weighted by atomic mass is 35.5. The molecule has 0 bridgehead atoms. The van der Waals surface area contributed by atoms with Crippen molar-refractivity contribution in [1.82, 2.24) is 0 Å². The molecule has 1 aliphatic carbocycles. The van der Waals surface area contributed by atoms with E-state index in [0.717, 1.165) is 10.7 Å². The average molecular weight is 182 g/mol. The van der Waals surface area contributed by atoms with Gasteiger partial charge in [-0.05, 0) is 42.5 Å². The highest BCUT2D eigenvalue weighted by molar-refractivity contribution is 6.31. The van der Waals surface area contributed by atoms with Gasteiger partial charge in [0.05, 0.1) is 0 Å². The van der Waals surface area contributed by atoms with Crippen LogP contribution in [0.1, 0.15) is 30.7 Å². The number of nitrogen functional groups attached to an aromatic ring is 1. The summed E-state index contributed by atoms with van der Waals surface area (Å²) in [5.74, 6) is 0.668. The third kappa shape index (κ3) is 1.29. The molecule has 0 spiro atoms. The molecule has 1 aromatic carbocycles. The van der Waals surface area contributed by atoms with Gasteiger partial charge in [-0.2, -0.15) is 0 Å². The Balaban J connectivity index is 2.34. The first-order chi connectivity index (χ1) is 5.77. The van der Waals surface area contributed by atoms with E-state index in [1.54, 1.807) is 0 Å². The fraction of sp³-hybridized carbons (Fsp3) is 0.400. The zero-order valence-corrected chi connectivity index (χ0v) is 7.64. The van der Waals surface area contributed by atoms with Gasteiger partial charge in [0.15, 0.2) is 0 Å². The van der Waals surface area contributed by atoms with Crippen LogP contribution in [0.3, 0.4) is 0 Å². The zero-order valence-electron chi connectivity index (χ0n) is 6.89. The average Bonchev–Trinajstić information content (AvgIpc) is 1.93. The molecule has 0 unspecified atom stereocenters. The quantitative estimate of drug-likeness (QED) is 0.662. The summed E-state index contributed by atoms with van der Waals surface area (Å²) in [6, 6.07) is 5.75. The molecule has 64 valence electrons. The maximum absolute atomic E-state index is 6.05. The molecule has 0 radical (unpaired) electrons. The molecule has 1 fully saturated rings. The third-order valence-electron chi connectivity index (χ3n) is 2.57. The van der Waals surface area contributed by atoms with Gasteiger partial charge in [-0.3, -0.25) is 0 Å². The molecule has 2 rings (SSSR count). The van der Waals surface area contributed by atoms with Gasteiger partial charge in [-0.15, -0.1) is 0 Å². The highest BCUT2D eigenvalue weighted by Crippen LogP contribution is 2.40. The molecule has 1 saturated carbocycles. The van der Waals surface area contributed by atoms with E-state index in [9.17, 15) is 0 Å². The lowest BCUT2D eigenvalue weighted by Gasteiger charge is -2.26. The SMILES string of the molecule is Nc1ccc(Cl)c(C2CCC2)c1. The van der Waals surface area contributed by atoms with Crippen LogP contribution in [0, 0.1) is 0 Å². The fourth-order valence-corrected chi connectivity index (χ4v) is 1.87. The van der Waals surface area contributed by atoms with Gasteiger partial charge in [0.1, 0.15) is 0 Å². The number of nitrogens with two attached hydrogens (primary N) is 1. The predicted molar refractivity (Wildman–Crippen MR) is 52.5 cm³/mol. The minimum atomic E-state index is 0.668. The van der Waals surface area contributed by atoms with Crippen LogP contribution in [0.15, 0.2) is 18.2 Å². The summed E-state index contributed by atoms with van der Waals surface area (Å²) in [5.41, 5.74) is 7.74. The standard InChI is InChI=1S/C10H12ClN/c11-10-5-4-8(12)6-9(10)7-2-1-3-7/h4-7H,1-3,12H2. The maximum atomic E-state index is 6.05. The number of benzene rings is 1. The molecule has 1 nitrogen and oxygen atoms in total. The summed E-state index contributed by atoms with van der Waals surface area (Å²) in [5, 5.41) is 0.869. The Morgan fingerprint density at radius 3 is 2.67 bits per heavy atom. The highest BCUT2D eigenvalue weighted by Gasteiger charge is 2.21. The van der Waals surface area contributed by atoms with Crippen LogP contribution < -0.4 is 5.73 Å². The van der Waals surface area contributed by atoms with Gasteiger partial charge < -0.3 is 5.73 Å². The van der Waals surface area contributed by atoms with Gasteiger partial charge in [0, 0.05) is 10.7 Å². The lowest BCUT2D eigenvalue weighted by atomic mass is 9.80. The lowest BCUT2D eigenvalue weighted by molar-refractivity contribution is 0.420. The Hall–Kier alpha value is -0.690. The van der Waals surface area contributed by atoms with E-state index in [-0.39, 0.29) is 0 Å². The minimum Gasteiger partial charge on any atom is -0.399 e. The van der Waals surface area contributed by atoms with Crippen molar-refractivity contribution in [3.63, 3.8) is 0 Å². The molecule has 0 amide bonds. The van der Waals surface area contributed by atoms with E-state index < -0.39 is 0 Å². The number of hydrogen-bond acceptors (Lipinski definition) is 1. The Labute approximate surface area is 77.5 Å². The van der Waals surface area contributed by atoms with Gasteiger partial charge >= 0.3 is 0 Å². The number of hydrogen-bond donors (Lipinski definition) is 1. The molecule has 0 saturated heterocycles. The predicted octanol–water partition coefficient (Wildman–Crippen LogP) is 3.19. The van der Waals surface area contributed by atoms with Crippen molar-refractivity contribution in [2.24, 2.45) is 0 Å². The van der Waals surface area contributed by atoms with Crippen molar-refractivity contribution in [2.45, 2.75) is 25.2 Å². The second kappa shape index (κ2) is 2.98. The fourth-order valence-electron chi connectivity index (χ4n) is 1.59. The first kappa shape index (κ1) is 7.93. The molecule has 0 aromatic heterocycles. The zero-order chi connectivity index (χ0) is 8.55. The van der Waals surface area contributed by atoms with Gasteiger partial charge in [0.25, 0.3) is 0 Å². The summed E-state index contributed by atoms with van der Waals surface area (Å²) in [6.07, 6.45) is 3.86. The number of anilines is 1. The van der Waals surface area contributed by atoms with E-state index >= 15 is 0 Å². The van der Waals surface area contributed by atoms with Crippen molar-refractivity contribution >= 4 is 17.3 Å². The van der Waals surface area contributed by atoms with Crippen molar-refractivity contribution in [2.75, 3.05) is 5.73 Å². The van der Waals surface area contributed by atoms with Gasteiger partial charge in [0.2, 0.25) is 0 Å². The molecule has 0 atom stereocenters. The summed E-state index contributed by atoms with van der Waals surface area (Å²) < 4.78 is 0. The molecule has 2 N–H and O–H groups in total. The molecular weight excluding hydrogens is 170 g/mol. The van der Waals surface area contributed by atoms with Crippen LogP contribution in [-0.4, -0.2) is 0 Å². The Bertz CT molecular complexity index is 292. The normalized spacial score (nSPS) is 17.4. The van der Waals surface area contributed by atoms with Gasteiger partial charge in [-0.25, -0.2) is 0 Å². The summed E-state index contributed by atoms with van der Waals surface area (Å²) >= 11 is 6.05. The second-order valence-electron chi connectivity index (χ2n) is 3.41. The summed E-state index contributed by atoms with van der Waals surface area (Å²) in [7, 11) is 0. The van der Waals surface area contributed by atoms with Crippen molar-refractivity contribution in [3.05, 3.63) is 28.8 Å². The van der Waals surface area contributed by atoms with Crippen molar-refractivity contribution < 1.29 is 0 Å². The second-order valence-corrected chi connectivity index (χ2v) is 3.82. The van der Waals surface area contributed by atoms with Gasteiger partial charge in [-0.1, -0.05) is 18.0 Å². The van der Waals surface area contributed by atoms with Crippen LogP contribution in [0.5, 0.6) is 0 Å². The van der Waals surface area contributed by atoms with E-state index in [2.05, 4.69) is 0 Å². The van der Waals surface area contributed by atoms with Crippen LogP contribution in [-0.2, 0) is 0 Å². The first-order valence-corrected chi connectivity index (χ1v) is 4.70. The number of rotatable bonds is 1. The molecular formula is C10H12ClN. The summed E-state index contributed by atoms with van der Waals surface area (Å²) in [4.78, 5) is 0. The van der Waals surface area contributed by atoms with E-state index in [4.69, 9.17) is 17.3 Å². The Kier molecular flexibility index (Phi) is 1.97. The monoisotopic (exact) mass is 181 g/mol.